The van der Waals surface area contributed by atoms with Crippen LogP contribution in [0.1, 0.15) is 5.69 Å². The molecule has 118 valence electrons. The Hall–Kier alpha value is -2.12. The van der Waals surface area contributed by atoms with E-state index in [4.69, 9.17) is 4.74 Å². The molecule has 5 nitrogen and oxygen atoms in total. The van der Waals surface area contributed by atoms with Crippen LogP contribution in [0.4, 0.5) is 10.8 Å². The molecule has 0 bridgehead atoms. The van der Waals surface area contributed by atoms with E-state index in [9.17, 15) is 0 Å². The lowest BCUT2D eigenvalue weighted by atomic mass is 10.3. The molecule has 0 saturated carbocycles. The Bertz CT molecular complexity index is 749. The summed E-state index contributed by atoms with van der Waals surface area (Å²) < 4.78 is 6.26. The molecule has 0 fully saturated rings. The van der Waals surface area contributed by atoms with Crippen molar-refractivity contribution in [3.8, 4) is 5.75 Å². The summed E-state index contributed by atoms with van der Waals surface area (Å²) in [6.07, 6.45) is 2.74. The van der Waals surface area contributed by atoms with Crippen molar-refractivity contribution in [1.29, 1.82) is 0 Å². The molecule has 3 aromatic rings. The SMILES string of the molecule is COc1ccccc1Nc1nnc(SCCc2ccccn2)s1. The van der Waals surface area contributed by atoms with Gasteiger partial charge in [-0.3, -0.25) is 4.98 Å². The van der Waals surface area contributed by atoms with E-state index >= 15 is 0 Å². The Morgan fingerprint density at radius 3 is 2.83 bits per heavy atom. The lowest BCUT2D eigenvalue weighted by Gasteiger charge is -2.07. The molecule has 2 heterocycles. The van der Waals surface area contributed by atoms with Crippen LogP contribution in [0.25, 0.3) is 0 Å². The number of rotatable bonds is 7. The van der Waals surface area contributed by atoms with E-state index in [-0.39, 0.29) is 0 Å². The molecule has 0 atom stereocenters. The largest absolute Gasteiger partial charge is 0.495 e. The summed E-state index contributed by atoms with van der Waals surface area (Å²) in [5, 5.41) is 12.4. The van der Waals surface area contributed by atoms with Gasteiger partial charge in [-0.15, -0.1) is 10.2 Å². The van der Waals surface area contributed by atoms with Crippen molar-refractivity contribution in [3.05, 3.63) is 54.4 Å². The molecule has 0 aliphatic heterocycles. The zero-order chi connectivity index (χ0) is 15.9. The Morgan fingerprint density at radius 1 is 1.13 bits per heavy atom. The van der Waals surface area contributed by atoms with Gasteiger partial charge in [0.2, 0.25) is 5.13 Å². The lowest BCUT2D eigenvalue weighted by molar-refractivity contribution is 0.417. The second-order valence-corrected chi connectivity index (χ2v) is 6.94. The summed E-state index contributed by atoms with van der Waals surface area (Å²) in [6, 6.07) is 13.7. The summed E-state index contributed by atoms with van der Waals surface area (Å²) in [4.78, 5) is 4.32. The highest BCUT2D eigenvalue weighted by molar-refractivity contribution is 8.01. The molecule has 23 heavy (non-hydrogen) atoms. The zero-order valence-electron chi connectivity index (χ0n) is 12.6. The van der Waals surface area contributed by atoms with E-state index in [2.05, 4.69) is 20.5 Å². The van der Waals surface area contributed by atoms with Gasteiger partial charge in [0.25, 0.3) is 0 Å². The quantitative estimate of drug-likeness (QED) is 0.653. The van der Waals surface area contributed by atoms with Gasteiger partial charge in [0.05, 0.1) is 12.8 Å². The third-order valence-electron chi connectivity index (χ3n) is 3.06. The van der Waals surface area contributed by atoms with Crippen molar-refractivity contribution < 1.29 is 4.74 Å². The number of pyridine rings is 1. The average molecular weight is 344 g/mol. The zero-order valence-corrected chi connectivity index (χ0v) is 14.2. The topological polar surface area (TPSA) is 59.9 Å². The molecule has 2 aromatic heterocycles. The standard InChI is InChI=1S/C16H16N4OS2/c1-21-14-8-3-2-7-13(14)18-15-19-20-16(23-15)22-11-9-12-6-4-5-10-17-12/h2-8,10H,9,11H2,1H3,(H,18,19). The first-order valence-electron chi connectivity index (χ1n) is 7.11. The smallest absolute Gasteiger partial charge is 0.210 e. The Labute approximate surface area is 143 Å². The fourth-order valence-electron chi connectivity index (χ4n) is 1.97. The normalized spacial score (nSPS) is 10.5. The molecular formula is C16H16N4OS2. The van der Waals surface area contributed by atoms with E-state index in [1.165, 1.54) is 11.3 Å². The van der Waals surface area contributed by atoms with Crippen LogP contribution in [0.3, 0.4) is 0 Å². The summed E-state index contributed by atoms with van der Waals surface area (Å²) in [5.41, 5.74) is 1.98. The highest BCUT2D eigenvalue weighted by Crippen LogP contribution is 2.31. The number of thioether (sulfide) groups is 1. The van der Waals surface area contributed by atoms with Gasteiger partial charge in [-0.05, 0) is 30.7 Å². The van der Waals surface area contributed by atoms with Gasteiger partial charge in [-0.1, -0.05) is 41.3 Å². The molecule has 1 aromatic carbocycles. The fraction of sp³-hybridized carbons (Fsp3) is 0.188. The number of aryl methyl sites for hydroxylation is 1. The summed E-state index contributed by atoms with van der Waals surface area (Å²) in [6.45, 7) is 0. The van der Waals surface area contributed by atoms with Crippen LogP contribution in [0, 0.1) is 0 Å². The molecule has 0 unspecified atom stereocenters. The number of nitrogens with one attached hydrogen (secondary N) is 1. The van der Waals surface area contributed by atoms with Crippen LogP contribution < -0.4 is 10.1 Å². The highest BCUT2D eigenvalue weighted by Gasteiger charge is 2.08. The third-order valence-corrected chi connectivity index (χ3v) is 5.04. The van der Waals surface area contributed by atoms with Crippen molar-refractivity contribution in [2.75, 3.05) is 18.2 Å². The van der Waals surface area contributed by atoms with Gasteiger partial charge < -0.3 is 10.1 Å². The van der Waals surface area contributed by atoms with Crippen molar-refractivity contribution in [2.45, 2.75) is 10.8 Å². The van der Waals surface area contributed by atoms with Gasteiger partial charge in [-0.2, -0.15) is 0 Å². The molecular weight excluding hydrogens is 328 g/mol. The predicted octanol–water partition coefficient (Wildman–Crippen LogP) is 4.02. The van der Waals surface area contributed by atoms with Crippen LogP contribution in [0.2, 0.25) is 0 Å². The maximum atomic E-state index is 5.32. The van der Waals surface area contributed by atoms with Gasteiger partial charge >= 0.3 is 0 Å². The van der Waals surface area contributed by atoms with Crippen molar-refractivity contribution >= 4 is 33.9 Å². The number of para-hydroxylation sites is 2. The predicted molar refractivity (Wildman–Crippen MR) is 94.9 cm³/mol. The van der Waals surface area contributed by atoms with Gasteiger partial charge in [0.1, 0.15) is 5.75 Å². The van der Waals surface area contributed by atoms with Crippen molar-refractivity contribution in [2.24, 2.45) is 0 Å². The molecule has 1 N–H and O–H groups in total. The summed E-state index contributed by atoms with van der Waals surface area (Å²) in [7, 11) is 1.65. The van der Waals surface area contributed by atoms with E-state index in [0.717, 1.165) is 38.8 Å². The summed E-state index contributed by atoms with van der Waals surface area (Å²) >= 11 is 3.23. The lowest BCUT2D eigenvalue weighted by Crippen LogP contribution is -1.93. The minimum absolute atomic E-state index is 0.759. The van der Waals surface area contributed by atoms with Gasteiger partial charge in [0, 0.05) is 17.6 Å². The molecule has 0 aliphatic rings. The minimum Gasteiger partial charge on any atom is -0.495 e. The molecule has 0 aliphatic carbocycles. The molecule has 0 saturated heterocycles. The number of hydrogen-bond donors (Lipinski definition) is 1. The Morgan fingerprint density at radius 2 is 2.00 bits per heavy atom. The van der Waals surface area contributed by atoms with E-state index in [0.29, 0.717) is 0 Å². The first-order valence-corrected chi connectivity index (χ1v) is 8.91. The number of benzene rings is 1. The molecule has 0 spiro atoms. The first kappa shape index (κ1) is 15.8. The third kappa shape index (κ3) is 4.43. The Kier molecular flexibility index (Phi) is 5.44. The van der Waals surface area contributed by atoms with E-state index in [1.54, 1.807) is 18.9 Å². The van der Waals surface area contributed by atoms with Crippen LogP contribution in [-0.4, -0.2) is 28.0 Å². The highest BCUT2D eigenvalue weighted by atomic mass is 32.2. The van der Waals surface area contributed by atoms with Crippen LogP contribution in [0.5, 0.6) is 5.75 Å². The van der Waals surface area contributed by atoms with E-state index < -0.39 is 0 Å². The number of aromatic nitrogens is 3. The first-order chi connectivity index (χ1) is 11.3. The van der Waals surface area contributed by atoms with Crippen molar-refractivity contribution in [3.63, 3.8) is 0 Å². The number of methoxy groups -OCH3 is 1. The fourth-order valence-corrected chi connectivity index (χ4v) is 3.77. The van der Waals surface area contributed by atoms with Gasteiger partial charge in [0.15, 0.2) is 4.34 Å². The van der Waals surface area contributed by atoms with Gasteiger partial charge in [-0.25, -0.2) is 0 Å². The second kappa shape index (κ2) is 7.94. The minimum atomic E-state index is 0.759. The average Bonchev–Trinajstić information content (AvgIpc) is 3.04. The molecule has 0 radical (unpaired) electrons. The number of ether oxygens (including phenoxy) is 1. The van der Waals surface area contributed by atoms with Crippen LogP contribution in [0.15, 0.2) is 53.0 Å². The molecule has 3 rings (SSSR count). The second-order valence-electron chi connectivity index (χ2n) is 4.62. The molecule has 7 heteroatoms. The summed E-state index contributed by atoms with van der Waals surface area (Å²) in [5.74, 6) is 1.72. The monoisotopic (exact) mass is 344 g/mol. The maximum Gasteiger partial charge on any atom is 0.210 e. The Balaban J connectivity index is 1.56. The van der Waals surface area contributed by atoms with E-state index in [1.807, 2.05) is 48.7 Å². The van der Waals surface area contributed by atoms with Crippen LogP contribution >= 0.6 is 23.1 Å². The van der Waals surface area contributed by atoms with Crippen molar-refractivity contribution in [1.82, 2.24) is 15.2 Å². The number of nitrogens with zero attached hydrogens (tertiary/aromatic N) is 3. The van der Waals surface area contributed by atoms with Crippen LogP contribution in [-0.2, 0) is 6.42 Å². The molecule has 0 amide bonds. The maximum absolute atomic E-state index is 5.32. The number of hydrogen-bond acceptors (Lipinski definition) is 7. The number of anilines is 2.